The zero-order valence-electron chi connectivity index (χ0n) is 18.8. The van der Waals surface area contributed by atoms with Gasteiger partial charge in [-0.25, -0.2) is 9.59 Å². The van der Waals surface area contributed by atoms with Crippen LogP contribution in [0.1, 0.15) is 22.3 Å². The molecule has 0 atom stereocenters. The first-order valence-electron chi connectivity index (χ1n) is 10.7. The van der Waals surface area contributed by atoms with E-state index in [0.717, 1.165) is 23.8 Å². The molecule has 0 bridgehead atoms. The molecule has 0 saturated carbocycles. The van der Waals surface area contributed by atoms with E-state index in [1.807, 2.05) is 0 Å². The molecule has 0 radical (unpaired) electrons. The summed E-state index contributed by atoms with van der Waals surface area (Å²) in [5.41, 5.74) is 2.52. The maximum atomic E-state index is 13.0. The highest BCUT2D eigenvalue weighted by molar-refractivity contribution is 5.89. The Labute approximate surface area is 202 Å². The lowest BCUT2D eigenvalue weighted by molar-refractivity contribution is -0.274. The van der Waals surface area contributed by atoms with Crippen LogP contribution in [0.3, 0.4) is 0 Å². The normalized spacial score (nSPS) is 11.8. The van der Waals surface area contributed by atoms with Crippen LogP contribution in [0.5, 0.6) is 11.5 Å². The number of alkyl halides is 3. The standard InChI is InChI=1S/C27H19F3O6/c1-15-12-20-21(13-17-4-2-16(3-5-17)6-11-24(32)33)25(26(34)35-23(20)14-22(15)31)18-7-9-19(10-8-18)36-27(28,29)30/h2-12,14,31H,13H2,1H3,(H,32,33)/b11-6+. The number of carboxylic acid groups (broad SMARTS) is 1. The van der Waals surface area contributed by atoms with Crippen LogP contribution in [-0.2, 0) is 11.2 Å². The number of hydrogen-bond donors (Lipinski definition) is 2. The molecule has 0 spiro atoms. The molecule has 0 aliphatic heterocycles. The highest BCUT2D eigenvalue weighted by atomic mass is 19.4. The molecule has 184 valence electrons. The number of aromatic hydroxyl groups is 1. The Morgan fingerprint density at radius 3 is 2.33 bits per heavy atom. The SMILES string of the molecule is Cc1cc2c(Cc3ccc(/C=C/C(=O)O)cc3)c(-c3ccc(OC(F)(F)F)cc3)c(=O)oc2cc1O. The van der Waals surface area contributed by atoms with Gasteiger partial charge in [0.25, 0.3) is 0 Å². The Bertz CT molecular complexity index is 1520. The van der Waals surface area contributed by atoms with E-state index in [1.54, 1.807) is 37.3 Å². The second kappa shape index (κ2) is 9.61. The Morgan fingerprint density at radius 1 is 1.06 bits per heavy atom. The summed E-state index contributed by atoms with van der Waals surface area (Å²) in [7, 11) is 0. The topological polar surface area (TPSA) is 97.0 Å². The summed E-state index contributed by atoms with van der Waals surface area (Å²) in [5.74, 6) is -1.55. The Kier molecular flexibility index (Phi) is 6.57. The van der Waals surface area contributed by atoms with Crippen molar-refractivity contribution in [2.75, 3.05) is 0 Å². The molecule has 9 heteroatoms. The molecule has 3 aromatic carbocycles. The lowest BCUT2D eigenvalue weighted by Crippen LogP contribution is -2.17. The number of rotatable bonds is 6. The van der Waals surface area contributed by atoms with Crippen molar-refractivity contribution in [2.45, 2.75) is 19.7 Å². The number of phenolic OH excluding ortho intramolecular Hbond substituents is 1. The van der Waals surface area contributed by atoms with E-state index in [0.29, 0.717) is 27.6 Å². The summed E-state index contributed by atoms with van der Waals surface area (Å²) >= 11 is 0. The number of fused-ring (bicyclic) bond motifs is 1. The zero-order valence-corrected chi connectivity index (χ0v) is 18.8. The first-order valence-corrected chi connectivity index (χ1v) is 10.7. The van der Waals surface area contributed by atoms with Gasteiger partial charge in [-0.3, -0.25) is 0 Å². The van der Waals surface area contributed by atoms with Gasteiger partial charge in [0.2, 0.25) is 0 Å². The van der Waals surface area contributed by atoms with Crippen molar-refractivity contribution < 1.29 is 37.3 Å². The molecule has 36 heavy (non-hydrogen) atoms. The van der Waals surface area contributed by atoms with Crippen LogP contribution in [0.25, 0.3) is 28.2 Å². The third-order valence-electron chi connectivity index (χ3n) is 5.49. The molecule has 2 N–H and O–H groups in total. The highest BCUT2D eigenvalue weighted by Gasteiger charge is 2.31. The van der Waals surface area contributed by atoms with E-state index >= 15 is 0 Å². The molecule has 0 fully saturated rings. The van der Waals surface area contributed by atoms with Crippen molar-refractivity contribution in [1.82, 2.24) is 0 Å². The smallest absolute Gasteiger partial charge is 0.508 e. The molecule has 0 amide bonds. The van der Waals surface area contributed by atoms with Crippen LogP contribution in [0.15, 0.2) is 76.0 Å². The van der Waals surface area contributed by atoms with Gasteiger partial charge in [0, 0.05) is 17.5 Å². The predicted octanol–water partition coefficient (Wildman–Crippen LogP) is 6.06. The molecular formula is C27H19F3O6. The number of phenols is 1. The maximum Gasteiger partial charge on any atom is 0.573 e. The fourth-order valence-electron chi connectivity index (χ4n) is 3.82. The molecule has 0 aliphatic rings. The molecule has 0 aliphatic carbocycles. The molecule has 4 rings (SSSR count). The van der Waals surface area contributed by atoms with Crippen molar-refractivity contribution in [3.05, 3.63) is 99.4 Å². The Hall–Kier alpha value is -4.53. The minimum absolute atomic E-state index is 0.0485. The van der Waals surface area contributed by atoms with E-state index < -0.39 is 23.7 Å². The van der Waals surface area contributed by atoms with Crippen LogP contribution in [0, 0.1) is 6.92 Å². The maximum absolute atomic E-state index is 13.0. The van der Waals surface area contributed by atoms with E-state index in [1.165, 1.54) is 24.3 Å². The van der Waals surface area contributed by atoms with E-state index in [4.69, 9.17) is 9.52 Å². The van der Waals surface area contributed by atoms with Gasteiger partial charge in [0.15, 0.2) is 0 Å². The van der Waals surface area contributed by atoms with Gasteiger partial charge >= 0.3 is 18.0 Å². The third kappa shape index (κ3) is 5.57. The van der Waals surface area contributed by atoms with E-state index in [2.05, 4.69) is 4.74 Å². The first kappa shape index (κ1) is 24.6. The summed E-state index contributed by atoms with van der Waals surface area (Å²) in [5, 5.41) is 19.5. The third-order valence-corrected chi connectivity index (χ3v) is 5.49. The second-order valence-electron chi connectivity index (χ2n) is 8.04. The van der Waals surface area contributed by atoms with Crippen molar-refractivity contribution in [3.8, 4) is 22.6 Å². The molecule has 4 aromatic rings. The van der Waals surface area contributed by atoms with Crippen molar-refractivity contribution in [3.63, 3.8) is 0 Å². The average Bonchev–Trinajstić information content (AvgIpc) is 2.80. The highest BCUT2D eigenvalue weighted by Crippen LogP contribution is 2.34. The van der Waals surface area contributed by atoms with Crippen molar-refractivity contribution in [1.29, 1.82) is 0 Å². The number of ether oxygens (including phenoxy) is 1. The lowest BCUT2D eigenvalue weighted by atomic mass is 9.92. The van der Waals surface area contributed by atoms with Gasteiger partial charge in [-0.1, -0.05) is 36.4 Å². The quantitative estimate of drug-likeness (QED) is 0.249. The minimum atomic E-state index is -4.85. The first-order chi connectivity index (χ1) is 17.0. The molecular weight excluding hydrogens is 477 g/mol. The van der Waals surface area contributed by atoms with E-state index in [-0.39, 0.29) is 23.3 Å². The number of aliphatic carboxylic acids is 1. The van der Waals surface area contributed by atoms with Crippen LogP contribution in [0.2, 0.25) is 0 Å². The second-order valence-corrected chi connectivity index (χ2v) is 8.04. The van der Waals surface area contributed by atoms with Gasteiger partial charge in [-0.15, -0.1) is 13.2 Å². The fraction of sp³-hybridized carbons (Fsp3) is 0.111. The van der Waals surface area contributed by atoms with E-state index in [9.17, 15) is 27.9 Å². The number of carbonyl (C=O) groups is 1. The van der Waals surface area contributed by atoms with Crippen LogP contribution in [-0.4, -0.2) is 22.5 Å². The number of halogens is 3. The summed E-state index contributed by atoms with van der Waals surface area (Å²) < 4.78 is 47.0. The molecule has 0 saturated heterocycles. The summed E-state index contributed by atoms with van der Waals surface area (Å²) in [4.78, 5) is 23.8. The fourth-order valence-corrected chi connectivity index (χ4v) is 3.82. The Morgan fingerprint density at radius 2 is 1.72 bits per heavy atom. The number of carboxylic acids is 1. The zero-order chi connectivity index (χ0) is 26.0. The summed E-state index contributed by atoms with van der Waals surface area (Å²) in [6.45, 7) is 1.69. The molecule has 6 nitrogen and oxygen atoms in total. The number of hydrogen-bond acceptors (Lipinski definition) is 5. The Balaban J connectivity index is 1.83. The largest absolute Gasteiger partial charge is 0.573 e. The van der Waals surface area contributed by atoms with Crippen LogP contribution in [0.4, 0.5) is 13.2 Å². The van der Waals surface area contributed by atoms with Crippen molar-refractivity contribution in [2.24, 2.45) is 0 Å². The summed E-state index contributed by atoms with van der Waals surface area (Å²) in [6.07, 6.45) is -2.13. The minimum Gasteiger partial charge on any atom is -0.508 e. The lowest BCUT2D eigenvalue weighted by Gasteiger charge is -2.14. The number of benzene rings is 3. The number of aryl methyl sites for hydroxylation is 1. The van der Waals surface area contributed by atoms with Gasteiger partial charge in [-0.05, 0) is 65.4 Å². The molecule has 1 heterocycles. The van der Waals surface area contributed by atoms with Crippen LogP contribution >= 0.6 is 0 Å². The van der Waals surface area contributed by atoms with Gasteiger partial charge in [-0.2, -0.15) is 0 Å². The van der Waals surface area contributed by atoms with Gasteiger partial charge in [0.05, 0.1) is 5.56 Å². The van der Waals surface area contributed by atoms with Gasteiger partial charge in [0.1, 0.15) is 17.1 Å². The molecule has 1 aromatic heterocycles. The average molecular weight is 496 g/mol. The monoisotopic (exact) mass is 496 g/mol. The predicted molar refractivity (Wildman–Crippen MR) is 127 cm³/mol. The summed E-state index contributed by atoms with van der Waals surface area (Å²) in [6, 6.07) is 14.9. The van der Waals surface area contributed by atoms with Crippen molar-refractivity contribution >= 4 is 23.0 Å². The molecule has 0 unspecified atom stereocenters. The van der Waals surface area contributed by atoms with Crippen LogP contribution < -0.4 is 10.4 Å². The van der Waals surface area contributed by atoms with Gasteiger partial charge < -0.3 is 19.4 Å².